The van der Waals surface area contributed by atoms with Gasteiger partial charge in [0.05, 0.1) is 11.6 Å². The van der Waals surface area contributed by atoms with Gasteiger partial charge in [0, 0.05) is 12.1 Å². The van der Waals surface area contributed by atoms with Gasteiger partial charge in [0.2, 0.25) is 0 Å². The number of hydrogen-bond acceptors (Lipinski definition) is 2. The molecule has 0 saturated carbocycles. The summed E-state index contributed by atoms with van der Waals surface area (Å²) in [5.41, 5.74) is 1.00. The SMILES string of the molecule is C=CCCNC(=O)c1cccc(C#N)c1. The minimum absolute atomic E-state index is 0.158. The van der Waals surface area contributed by atoms with Crippen molar-refractivity contribution >= 4 is 5.91 Å². The third-order valence-electron chi connectivity index (χ3n) is 1.89. The largest absolute Gasteiger partial charge is 0.352 e. The van der Waals surface area contributed by atoms with Gasteiger partial charge in [-0.2, -0.15) is 5.26 Å². The predicted octanol–water partition coefficient (Wildman–Crippen LogP) is 1.86. The van der Waals surface area contributed by atoms with Gasteiger partial charge in [-0.25, -0.2) is 0 Å². The Morgan fingerprint density at radius 3 is 3.07 bits per heavy atom. The average Bonchev–Trinajstić information content (AvgIpc) is 2.29. The third-order valence-corrected chi connectivity index (χ3v) is 1.89. The van der Waals surface area contributed by atoms with E-state index in [4.69, 9.17) is 5.26 Å². The quantitative estimate of drug-likeness (QED) is 0.595. The highest BCUT2D eigenvalue weighted by molar-refractivity contribution is 5.94. The molecule has 0 aliphatic heterocycles. The van der Waals surface area contributed by atoms with Gasteiger partial charge in [-0.05, 0) is 24.6 Å². The van der Waals surface area contributed by atoms with E-state index >= 15 is 0 Å². The Morgan fingerprint density at radius 1 is 1.60 bits per heavy atom. The first-order chi connectivity index (χ1) is 7.27. The van der Waals surface area contributed by atoms with E-state index in [1.54, 1.807) is 30.3 Å². The van der Waals surface area contributed by atoms with Gasteiger partial charge in [0.1, 0.15) is 0 Å². The molecule has 1 N–H and O–H groups in total. The van der Waals surface area contributed by atoms with Crippen LogP contribution in [0.4, 0.5) is 0 Å². The molecule has 0 heterocycles. The highest BCUT2D eigenvalue weighted by atomic mass is 16.1. The van der Waals surface area contributed by atoms with Crippen LogP contribution in [0.5, 0.6) is 0 Å². The molecular formula is C12H12N2O. The summed E-state index contributed by atoms with van der Waals surface area (Å²) in [7, 11) is 0. The molecule has 0 fully saturated rings. The lowest BCUT2D eigenvalue weighted by Gasteiger charge is -2.03. The lowest BCUT2D eigenvalue weighted by molar-refractivity contribution is 0.0954. The molecule has 1 amide bonds. The third kappa shape index (κ3) is 3.28. The summed E-state index contributed by atoms with van der Waals surface area (Å²) in [6.07, 6.45) is 2.48. The summed E-state index contributed by atoms with van der Waals surface area (Å²) in [6, 6.07) is 8.61. The molecule has 0 bridgehead atoms. The van der Waals surface area contributed by atoms with Crippen LogP contribution in [0, 0.1) is 11.3 Å². The van der Waals surface area contributed by atoms with Crippen molar-refractivity contribution < 1.29 is 4.79 Å². The molecule has 1 rings (SSSR count). The smallest absolute Gasteiger partial charge is 0.251 e. The Bertz CT molecular complexity index is 404. The highest BCUT2D eigenvalue weighted by Gasteiger charge is 2.04. The van der Waals surface area contributed by atoms with Crippen LogP contribution in [0.3, 0.4) is 0 Å². The molecule has 0 saturated heterocycles. The van der Waals surface area contributed by atoms with Crippen LogP contribution >= 0.6 is 0 Å². The number of benzene rings is 1. The maximum absolute atomic E-state index is 11.5. The maximum Gasteiger partial charge on any atom is 0.251 e. The summed E-state index contributed by atoms with van der Waals surface area (Å²) in [5.74, 6) is -0.158. The van der Waals surface area contributed by atoms with Gasteiger partial charge in [-0.15, -0.1) is 6.58 Å². The number of amides is 1. The van der Waals surface area contributed by atoms with Crippen LogP contribution in [0.25, 0.3) is 0 Å². The van der Waals surface area contributed by atoms with Crippen LogP contribution in [-0.2, 0) is 0 Å². The van der Waals surface area contributed by atoms with Gasteiger partial charge < -0.3 is 5.32 Å². The van der Waals surface area contributed by atoms with Crippen LogP contribution in [0.2, 0.25) is 0 Å². The summed E-state index contributed by atoms with van der Waals surface area (Å²) in [6.45, 7) is 4.13. The Kier molecular flexibility index (Phi) is 4.11. The van der Waals surface area contributed by atoms with Crippen molar-refractivity contribution in [3.05, 3.63) is 48.0 Å². The number of nitrogens with one attached hydrogen (secondary N) is 1. The van der Waals surface area contributed by atoms with Gasteiger partial charge in [-0.3, -0.25) is 4.79 Å². The van der Waals surface area contributed by atoms with Gasteiger partial charge >= 0.3 is 0 Å². The minimum Gasteiger partial charge on any atom is -0.352 e. The molecule has 0 aliphatic carbocycles. The lowest BCUT2D eigenvalue weighted by atomic mass is 10.1. The second-order valence-electron chi connectivity index (χ2n) is 3.03. The van der Waals surface area contributed by atoms with Gasteiger partial charge in [-0.1, -0.05) is 12.1 Å². The van der Waals surface area contributed by atoms with Gasteiger partial charge in [0.25, 0.3) is 5.91 Å². The van der Waals surface area contributed by atoms with Crippen LogP contribution in [-0.4, -0.2) is 12.5 Å². The number of hydrogen-bond donors (Lipinski definition) is 1. The summed E-state index contributed by atoms with van der Waals surface area (Å²) in [4.78, 5) is 11.5. The summed E-state index contributed by atoms with van der Waals surface area (Å²) < 4.78 is 0. The van der Waals surface area contributed by atoms with E-state index in [0.717, 1.165) is 6.42 Å². The number of rotatable bonds is 4. The van der Waals surface area contributed by atoms with Crippen LogP contribution < -0.4 is 5.32 Å². The van der Waals surface area contributed by atoms with E-state index in [-0.39, 0.29) is 5.91 Å². The number of nitriles is 1. The predicted molar refractivity (Wildman–Crippen MR) is 58.3 cm³/mol. The van der Waals surface area contributed by atoms with Crippen molar-refractivity contribution in [2.75, 3.05) is 6.54 Å². The normalized spacial score (nSPS) is 9.00. The van der Waals surface area contributed by atoms with Crippen molar-refractivity contribution in [3.63, 3.8) is 0 Å². The first-order valence-corrected chi connectivity index (χ1v) is 4.67. The molecular weight excluding hydrogens is 188 g/mol. The molecule has 0 aliphatic rings. The molecule has 3 nitrogen and oxygen atoms in total. The van der Waals surface area contributed by atoms with Crippen molar-refractivity contribution in [2.45, 2.75) is 6.42 Å². The van der Waals surface area contributed by atoms with Crippen molar-refractivity contribution in [1.82, 2.24) is 5.32 Å². The molecule has 15 heavy (non-hydrogen) atoms. The van der Waals surface area contributed by atoms with Crippen molar-refractivity contribution in [1.29, 1.82) is 5.26 Å². The molecule has 0 radical (unpaired) electrons. The standard InChI is InChI=1S/C12H12N2O/c1-2-3-7-14-12(15)11-6-4-5-10(8-11)9-13/h2,4-6,8H,1,3,7H2,(H,14,15). The van der Waals surface area contributed by atoms with E-state index in [2.05, 4.69) is 11.9 Å². The number of carbonyl (C=O) groups excluding carboxylic acids is 1. The molecule has 1 aromatic carbocycles. The molecule has 0 unspecified atom stereocenters. The molecule has 0 atom stereocenters. The first kappa shape index (κ1) is 11.0. The molecule has 76 valence electrons. The first-order valence-electron chi connectivity index (χ1n) is 4.67. The minimum atomic E-state index is -0.158. The molecule has 3 heteroatoms. The second kappa shape index (κ2) is 5.61. The van der Waals surface area contributed by atoms with E-state index in [9.17, 15) is 4.79 Å². The monoisotopic (exact) mass is 200 g/mol. The van der Waals surface area contributed by atoms with Gasteiger partial charge in [0.15, 0.2) is 0 Å². The fourth-order valence-electron chi connectivity index (χ4n) is 1.12. The van der Waals surface area contributed by atoms with E-state index < -0.39 is 0 Å². The zero-order valence-electron chi connectivity index (χ0n) is 8.36. The highest BCUT2D eigenvalue weighted by Crippen LogP contribution is 2.03. The Morgan fingerprint density at radius 2 is 2.40 bits per heavy atom. The molecule has 0 aromatic heterocycles. The zero-order valence-corrected chi connectivity index (χ0v) is 8.36. The fourth-order valence-corrected chi connectivity index (χ4v) is 1.12. The van der Waals surface area contributed by atoms with Crippen LogP contribution in [0.15, 0.2) is 36.9 Å². The zero-order chi connectivity index (χ0) is 11.1. The van der Waals surface area contributed by atoms with Crippen molar-refractivity contribution in [2.24, 2.45) is 0 Å². The fraction of sp³-hybridized carbons (Fsp3) is 0.167. The average molecular weight is 200 g/mol. The Labute approximate surface area is 89.0 Å². The van der Waals surface area contributed by atoms with E-state index in [0.29, 0.717) is 17.7 Å². The number of nitrogens with zero attached hydrogens (tertiary/aromatic N) is 1. The lowest BCUT2D eigenvalue weighted by Crippen LogP contribution is -2.24. The second-order valence-corrected chi connectivity index (χ2v) is 3.03. The van der Waals surface area contributed by atoms with Crippen molar-refractivity contribution in [3.8, 4) is 6.07 Å². The maximum atomic E-state index is 11.5. The molecule has 0 spiro atoms. The summed E-state index contributed by atoms with van der Waals surface area (Å²) >= 11 is 0. The van der Waals surface area contributed by atoms with Crippen LogP contribution in [0.1, 0.15) is 22.3 Å². The Balaban J connectivity index is 2.66. The molecule has 1 aromatic rings. The van der Waals surface area contributed by atoms with E-state index in [1.807, 2.05) is 6.07 Å². The number of carbonyl (C=O) groups is 1. The topological polar surface area (TPSA) is 52.9 Å². The van der Waals surface area contributed by atoms with E-state index in [1.165, 1.54) is 0 Å². The Hall–Kier alpha value is -2.08. The summed E-state index contributed by atoms with van der Waals surface area (Å²) in [5, 5.41) is 11.4.